The molecule has 0 atom stereocenters. The number of methoxy groups -OCH3 is 3. The molecule has 1 N–H and O–H groups in total. The fourth-order valence-corrected chi connectivity index (χ4v) is 3.79. The quantitative estimate of drug-likeness (QED) is 0.540. The summed E-state index contributed by atoms with van der Waals surface area (Å²) in [5, 5.41) is 7.17. The van der Waals surface area contributed by atoms with Crippen molar-refractivity contribution in [2.75, 3.05) is 21.3 Å². The van der Waals surface area contributed by atoms with Gasteiger partial charge in [0, 0.05) is 24.1 Å². The summed E-state index contributed by atoms with van der Waals surface area (Å²) < 4.78 is 17.6. The summed E-state index contributed by atoms with van der Waals surface area (Å²) in [6.07, 6.45) is 0.625. The molecule has 0 aliphatic rings. The van der Waals surface area contributed by atoms with Gasteiger partial charge in [-0.25, -0.2) is 9.50 Å². The Balaban J connectivity index is 1.80. The number of hydrogen-bond acceptors (Lipinski definition) is 6. The standard InChI is InChI=1S/C20H19N3O4S/c1-25-16-7-13(8-17(26-2)20(16)27-3)15-10-18-21-14(6-12-4-5-28-11-12)9-19(24)23(18)22-15/h4-5,7-11,22H,6H2,1-3H3. The number of benzene rings is 1. The second kappa shape index (κ2) is 7.40. The summed E-state index contributed by atoms with van der Waals surface area (Å²) in [6, 6.07) is 9.07. The summed E-state index contributed by atoms with van der Waals surface area (Å²) in [4.78, 5) is 17.2. The number of hydrogen-bond donors (Lipinski definition) is 1. The molecule has 28 heavy (non-hydrogen) atoms. The fraction of sp³-hybridized carbons (Fsp3) is 0.200. The van der Waals surface area contributed by atoms with E-state index < -0.39 is 0 Å². The average molecular weight is 397 g/mol. The van der Waals surface area contributed by atoms with Gasteiger partial charge in [-0.15, -0.1) is 0 Å². The first kappa shape index (κ1) is 18.1. The van der Waals surface area contributed by atoms with Crippen LogP contribution in [0.15, 0.2) is 45.9 Å². The zero-order valence-electron chi connectivity index (χ0n) is 15.7. The minimum Gasteiger partial charge on any atom is -0.493 e. The maximum absolute atomic E-state index is 12.5. The Kier molecular flexibility index (Phi) is 4.79. The highest BCUT2D eigenvalue weighted by Gasteiger charge is 2.16. The van der Waals surface area contributed by atoms with Crippen molar-refractivity contribution in [2.45, 2.75) is 6.42 Å². The van der Waals surface area contributed by atoms with E-state index in [4.69, 9.17) is 14.2 Å². The first-order valence-electron chi connectivity index (χ1n) is 8.56. The lowest BCUT2D eigenvalue weighted by molar-refractivity contribution is 0.324. The van der Waals surface area contributed by atoms with Gasteiger partial charge in [0.2, 0.25) is 5.75 Å². The van der Waals surface area contributed by atoms with Crippen LogP contribution in [0.25, 0.3) is 16.9 Å². The molecule has 0 spiro atoms. The van der Waals surface area contributed by atoms with E-state index in [0.717, 1.165) is 22.5 Å². The lowest BCUT2D eigenvalue weighted by Gasteiger charge is -2.13. The highest BCUT2D eigenvalue weighted by atomic mass is 32.1. The first-order chi connectivity index (χ1) is 13.6. The Morgan fingerprint density at radius 1 is 1.07 bits per heavy atom. The summed E-state index contributed by atoms with van der Waals surface area (Å²) in [7, 11) is 4.69. The normalized spacial score (nSPS) is 11.0. The van der Waals surface area contributed by atoms with E-state index in [2.05, 4.69) is 15.5 Å². The molecule has 1 aromatic carbocycles. The number of nitrogens with one attached hydrogen (secondary N) is 1. The smallest absolute Gasteiger partial charge is 0.272 e. The van der Waals surface area contributed by atoms with Gasteiger partial charge in [0.15, 0.2) is 17.1 Å². The zero-order chi connectivity index (χ0) is 19.7. The third-order valence-corrected chi connectivity index (χ3v) is 5.18. The molecule has 0 saturated carbocycles. The Hall–Kier alpha value is -3.26. The van der Waals surface area contributed by atoms with Crippen molar-refractivity contribution in [1.82, 2.24) is 14.6 Å². The first-order valence-corrected chi connectivity index (χ1v) is 9.50. The van der Waals surface area contributed by atoms with Crippen LogP contribution in [0.2, 0.25) is 0 Å². The summed E-state index contributed by atoms with van der Waals surface area (Å²) >= 11 is 1.63. The maximum atomic E-state index is 12.5. The van der Waals surface area contributed by atoms with Crippen LogP contribution >= 0.6 is 11.3 Å². The third kappa shape index (κ3) is 3.22. The highest BCUT2D eigenvalue weighted by Crippen LogP contribution is 2.40. The number of aromatic amines is 1. The average Bonchev–Trinajstić information content (AvgIpc) is 3.36. The van der Waals surface area contributed by atoms with Crippen molar-refractivity contribution in [1.29, 1.82) is 0 Å². The van der Waals surface area contributed by atoms with Crippen LogP contribution in [0, 0.1) is 0 Å². The van der Waals surface area contributed by atoms with E-state index in [1.807, 2.05) is 29.6 Å². The van der Waals surface area contributed by atoms with Crippen molar-refractivity contribution < 1.29 is 14.2 Å². The molecule has 0 unspecified atom stereocenters. The van der Waals surface area contributed by atoms with Crippen LogP contribution in [0.5, 0.6) is 17.2 Å². The summed E-state index contributed by atoms with van der Waals surface area (Å²) in [5.41, 5.74) is 3.78. The van der Waals surface area contributed by atoms with Gasteiger partial charge < -0.3 is 14.2 Å². The Labute approximate surface area is 165 Å². The Bertz CT molecular complexity index is 1150. The summed E-state index contributed by atoms with van der Waals surface area (Å²) in [5.74, 6) is 1.58. The molecule has 3 aromatic heterocycles. The van der Waals surface area contributed by atoms with E-state index in [1.165, 1.54) is 4.52 Å². The Morgan fingerprint density at radius 2 is 1.82 bits per heavy atom. The van der Waals surface area contributed by atoms with Gasteiger partial charge in [0.1, 0.15) is 0 Å². The van der Waals surface area contributed by atoms with E-state index in [-0.39, 0.29) is 5.56 Å². The van der Waals surface area contributed by atoms with Crippen LogP contribution in [-0.2, 0) is 6.42 Å². The molecule has 0 fully saturated rings. The molecule has 0 saturated heterocycles. The molecule has 0 radical (unpaired) electrons. The van der Waals surface area contributed by atoms with Crippen molar-refractivity contribution >= 4 is 17.0 Å². The van der Waals surface area contributed by atoms with Gasteiger partial charge in [-0.2, -0.15) is 11.3 Å². The van der Waals surface area contributed by atoms with Gasteiger partial charge in [0.05, 0.1) is 32.7 Å². The van der Waals surface area contributed by atoms with Crippen molar-refractivity contribution in [3.05, 3.63) is 62.7 Å². The van der Waals surface area contributed by atoms with E-state index in [0.29, 0.717) is 29.3 Å². The van der Waals surface area contributed by atoms with E-state index in [1.54, 1.807) is 38.7 Å². The molecular formula is C20H19N3O4S. The highest BCUT2D eigenvalue weighted by molar-refractivity contribution is 7.07. The third-order valence-electron chi connectivity index (χ3n) is 4.44. The monoisotopic (exact) mass is 397 g/mol. The van der Waals surface area contributed by atoms with Crippen LogP contribution < -0.4 is 19.8 Å². The maximum Gasteiger partial charge on any atom is 0.272 e. The number of rotatable bonds is 6. The number of aromatic nitrogens is 3. The van der Waals surface area contributed by atoms with E-state index >= 15 is 0 Å². The molecule has 8 heteroatoms. The van der Waals surface area contributed by atoms with Gasteiger partial charge in [0.25, 0.3) is 5.56 Å². The molecule has 3 heterocycles. The minimum atomic E-state index is -0.158. The molecule has 0 bridgehead atoms. The predicted molar refractivity (Wildman–Crippen MR) is 108 cm³/mol. The van der Waals surface area contributed by atoms with Gasteiger partial charge in [-0.05, 0) is 34.5 Å². The van der Waals surface area contributed by atoms with Crippen LogP contribution in [0.4, 0.5) is 0 Å². The SMILES string of the molecule is COc1cc(-c2cc3nc(Cc4ccsc4)cc(=O)n3[nH]2)cc(OC)c1OC. The molecule has 0 amide bonds. The van der Waals surface area contributed by atoms with Crippen molar-refractivity contribution in [3.8, 4) is 28.5 Å². The molecule has 4 rings (SSSR count). The molecule has 4 aromatic rings. The minimum absolute atomic E-state index is 0.158. The van der Waals surface area contributed by atoms with Gasteiger partial charge in [-0.1, -0.05) is 0 Å². The lowest BCUT2D eigenvalue weighted by Crippen LogP contribution is -2.15. The number of H-pyrrole nitrogens is 1. The van der Waals surface area contributed by atoms with Crippen molar-refractivity contribution in [3.63, 3.8) is 0 Å². The fourth-order valence-electron chi connectivity index (χ4n) is 3.12. The van der Waals surface area contributed by atoms with Gasteiger partial charge in [-0.3, -0.25) is 9.89 Å². The van der Waals surface area contributed by atoms with E-state index in [9.17, 15) is 4.79 Å². The molecule has 7 nitrogen and oxygen atoms in total. The van der Waals surface area contributed by atoms with Crippen molar-refractivity contribution in [2.24, 2.45) is 0 Å². The van der Waals surface area contributed by atoms with Crippen LogP contribution in [0.3, 0.4) is 0 Å². The lowest BCUT2D eigenvalue weighted by atomic mass is 10.1. The Morgan fingerprint density at radius 3 is 2.43 bits per heavy atom. The summed E-state index contributed by atoms with van der Waals surface area (Å²) in [6.45, 7) is 0. The topological polar surface area (TPSA) is 77.8 Å². The molecule has 0 aliphatic carbocycles. The van der Waals surface area contributed by atoms with Crippen LogP contribution in [-0.4, -0.2) is 35.9 Å². The predicted octanol–water partition coefficient (Wildman–Crippen LogP) is 3.37. The largest absolute Gasteiger partial charge is 0.493 e. The van der Waals surface area contributed by atoms with Gasteiger partial charge >= 0.3 is 0 Å². The molecule has 0 aliphatic heterocycles. The molecule has 144 valence electrons. The second-order valence-electron chi connectivity index (χ2n) is 6.17. The number of fused-ring (bicyclic) bond motifs is 1. The number of nitrogens with zero attached hydrogens (tertiary/aromatic N) is 2. The zero-order valence-corrected chi connectivity index (χ0v) is 16.5. The van der Waals surface area contributed by atoms with Crippen LogP contribution in [0.1, 0.15) is 11.3 Å². The molecular weight excluding hydrogens is 378 g/mol. The number of ether oxygens (including phenoxy) is 3. The number of thiophene rings is 1. The second-order valence-corrected chi connectivity index (χ2v) is 6.95.